The molecule has 2 aliphatic heterocycles. The number of piperidine rings is 1. The number of fused-ring (bicyclic) bond motifs is 1. The molecule has 0 bridgehead atoms. The fourth-order valence-corrected chi connectivity index (χ4v) is 3.92. The lowest BCUT2D eigenvalue weighted by molar-refractivity contribution is -0.00450. The summed E-state index contributed by atoms with van der Waals surface area (Å²) in [4.78, 5) is 18.6. The van der Waals surface area contributed by atoms with Crippen LogP contribution in [0.4, 0.5) is 0 Å². The number of hydrogen-bond donors (Lipinski definition) is 0. The van der Waals surface area contributed by atoms with Gasteiger partial charge in [-0.3, -0.25) is 4.79 Å². The average molecular weight is 304 g/mol. The van der Waals surface area contributed by atoms with Crippen LogP contribution in [0.1, 0.15) is 34.3 Å². The Balaban J connectivity index is 1.45. The third-order valence-corrected chi connectivity index (χ3v) is 5.20. The van der Waals surface area contributed by atoms with Crippen molar-refractivity contribution in [1.29, 1.82) is 0 Å². The Hall–Kier alpha value is -1.66. The van der Waals surface area contributed by atoms with Gasteiger partial charge in [-0.05, 0) is 24.8 Å². The fraction of sp³-hybridized carbons (Fsp3) is 0.467. The van der Waals surface area contributed by atoms with E-state index in [1.54, 1.807) is 17.4 Å². The fourth-order valence-electron chi connectivity index (χ4n) is 3.24. The van der Waals surface area contributed by atoms with E-state index in [0.29, 0.717) is 18.0 Å². The molecule has 0 radical (unpaired) electrons. The summed E-state index contributed by atoms with van der Waals surface area (Å²) in [5, 5.41) is 3.03. The van der Waals surface area contributed by atoms with E-state index in [1.807, 2.05) is 16.5 Å². The van der Waals surface area contributed by atoms with Crippen LogP contribution in [0, 0.1) is 5.92 Å². The second-order valence-corrected chi connectivity index (χ2v) is 6.51. The van der Waals surface area contributed by atoms with Gasteiger partial charge in [0, 0.05) is 24.7 Å². The van der Waals surface area contributed by atoms with Crippen LogP contribution in [-0.4, -0.2) is 35.0 Å². The number of carbonyl (C=O) groups excluding carboxylic acids is 1. The van der Waals surface area contributed by atoms with Crippen molar-refractivity contribution in [1.82, 2.24) is 9.88 Å². The van der Waals surface area contributed by atoms with Gasteiger partial charge in [-0.15, -0.1) is 11.3 Å². The Kier molecular flexibility index (Phi) is 3.27. The van der Waals surface area contributed by atoms with Crippen LogP contribution in [0.2, 0.25) is 0 Å². The van der Waals surface area contributed by atoms with Crippen molar-refractivity contribution in [2.75, 3.05) is 13.1 Å². The van der Waals surface area contributed by atoms with E-state index in [9.17, 15) is 4.79 Å². The smallest absolute Gasteiger partial charge is 0.257 e. The van der Waals surface area contributed by atoms with Crippen molar-refractivity contribution >= 4 is 17.2 Å². The van der Waals surface area contributed by atoms with Crippen molar-refractivity contribution in [2.45, 2.75) is 25.0 Å². The first-order valence-corrected chi connectivity index (χ1v) is 8.05. The normalized spacial score (nSPS) is 28.6. The largest absolute Gasteiger partial charge is 0.472 e. The Labute approximate surface area is 126 Å². The average Bonchev–Trinajstić information content (AvgIpc) is 3.24. The third-order valence-electron chi connectivity index (χ3n) is 4.33. The van der Waals surface area contributed by atoms with Gasteiger partial charge < -0.3 is 14.1 Å². The maximum atomic E-state index is 12.4. The molecule has 2 aliphatic rings. The summed E-state index contributed by atoms with van der Waals surface area (Å²) < 4.78 is 11.1. The van der Waals surface area contributed by atoms with Gasteiger partial charge in [-0.2, -0.15) is 0 Å². The molecule has 0 saturated carbocycles. The Morgan fingerprint density at radius 2 is 2.43 bits per heavy atom. The van der Waals surface area contributed by atoms with Crippen LogP contribution in [-0.2, 0) is 4.74 Å². The summed E-state index contributed by atoms with van der Waals surface area (Å²) in [5.41, 5.74) is 0.614. The zero-order valence-electron chi connectivity index (χ0n) is 11.5. The van der Waals surface area contributed by atoms with E-state index in [-0.39, 0.29) is 18.1 Å². The number of nitrogens with zero attached hydrogens (tertiary/aromatic N) is 2. The molecule has 3 atom stereocenters. The maximum absolute atomic E-state index is 12.4. The van der Waals surface area contributed by atoms with Crippen LogP contribution in [0.5, 0.6) is 0 Å². The van der Waals surface area contributed by atoms with E-state index in [4.69, 9.17) is 9.15 Å². The highest BCUT2D eigenvalue weighted by molar-refractivity contribution is 7.09. The first-order valence-electron chi connectivity index (χ1n) is 7.17. The molecule has 0 N–H and O–H groups in total. The topological polar surface area (TPSA) is 55.6 Å². The van der Waals surface area contributed by atoms with Crippen LogP contribution in [0.25, 0.3) is 0 Å². The van der Waals surface area contributed by atoms with E-state index < -0.39 is 0 Å². The van der Waals surface area contributed by atoms with Gasteiger partial charge in [0.1, 0.15) is 17.4 Å². The number of likely N-dealkylation sites (tertiary alicyclic amines) is 1. The summed E-state index contributed by atoms with van der Waals surface area (Å²) >= 11 is 1.64. The lowest BCUT2D eigenvalue weighted by Crippen LogP contribution is -2.45. The molecule has 0 aromatic carbocycles. The quantitative estimate of drug-likeness (QED) is 0.856. The van der Waals surface area contributed by atoms with Crippen molar-refractivity contribution < 1.29 is 13.9 Å². The summed E-state index contributed by atoms with van der Waals surface area (Å²) in [6, 6.07) is 1.71. The molecule has 21 heavy (non-hydrogen) atoms. The number of aromatic nitrogens is 1. The monoisotopic (exact) mass is 304 g/mol. The number of rotatable bonds is 2. The van der Waals surface area contributed by atoms with Gasteiger partial charge in [-0.25, -0.2) is 4.98 Å². The van der Waals surface area contributed by atoms with Gasteiger partial charge in [0.2, 0.25) is 0 Å². The summed E-state index contributed by atoms with van der Waals surface area (Å²) in [6.45, 7) is 1.45. The van der Waals surface area contributed by atoms with Gasteiger partial charge in [-0.1, -0.05) is 0 Å². The number of carbonyl (C=O) groups is 1. The third kappa shape index (κ3) is 2.38. The molecule has 2 aromatic rings. The van der Waals surface area contributed by atoms with Crippen molar-refractivity contribution in [3.05, 3.63) is 40.7 Å². The minimum Gasteiger partial charge on any atom is -0.472 e. The zero-order chi connectivity index (χ0) is 14.2. The molecule has 2 saturated heterocycles. The van der Waals surface area contributed by atoms with Gasteiger partial charge >= 0.3 is 0 Å². The molecule has 110 valence electrons. The van der Waals surface area contributed by atoms with Crippen molar-refractivity contribution in [3.8, 4) is 0 Å². The Morgan fingerprint density at radius 1 is 1.48 bits per heavy atom. The molecule has 6 heteroatoms. The molecule has 4 rings (SSSR count). The second-order valence-electron chi connectivity index (χ2n) is 5.58. The highest BCUT2D eigenvalue weighted by Crippen LogP contribution is 2.41. The van der Waals surface area contributed by atoms with Gasteiger partial charge in [0.15, 0.2) is 0 Å². The number of hydrogen-bond acceptors (Lipinski definition) is 5. The second kappa shape index (κ2) is 5.27. The lowest BCUT2D eigenvalue weighted by Gasteiger charge is -2.33. The molecule has 1 amide bonds. The van der Waals surface area contributed by atoms with Crippen molar-refractivity contribution in [3.63, 3.8) is 0 Å². The molecular weight excluding hydrogens is 288 g/mol. The van der Waals surface area contributed by atoms with Crippen LogP contribution >= 0.6 is 11.3 Å². The molecule has 2 fully saturated rings. The number of thiazole rings is 1. The summed E-state index contributed by atoms with van der Waals surface area (Å²) in [7, 11) is 0. The summed E-state index contributed by atoms with van der Waals surface area (Å²) in [5.74, 6) is 0.566. The first kappa shape index (κ1) is 13.0. The predicted molar refractivity (Wildman–Crippen MR) is 77.1 cm³/mol. The van der Waals surface area contributed by atoms with E-state index >= 15 is 0 Å². The minimum atomic E-state index is 0.0310. The molecular formula is C15H16N2O3S. The van der Waals surface area contributed by atoms with Crippen LogP contribution < -0.4 is 0 Å². The van der Waals surface area contributed by atoms with E-state index in [1.165, 1.54) is 12.5 Å². The molecule has 5 nitrogen and oxygen atoms in total. The maximum Gasteiger partial charge on any atom is 0.257 e. The van der Waals surface area contributed by atoms with Crippen LogP contribution in [0.15, 0.2) is 34.6 Å². The highest BCUT2D eigenvalue weighted by Gasteiger charge is 2.41. The van der Waals surface area contributed by atoms with E-state index in [0.717, 1.165) is 24.4 Å². The van der Waals surface area contributed by atoms with E-state index in [2.05, 4.69) is 4.98 Å². The lowest BCUT2D eigenvalue weighted by atomic mass is 9.91. The first-order chi connectivity index (χ1) is 10.3. The van der Waals surface area contributed by atoms with Gasteiger partial charge in [0.25, 0.3) is 5.91 Å². The standard InChI is InChI=1S/C15H16N2O3S/c18-15(11-2-5-19-9-11)17-4-1-10-7-12(20-13(10)8-17)14-16-3-6-21-14/h2-3,5-6,9-10,12-13H,1,4,7-8H2/t10-,12-,13+/m1/s1. The van der Waals surface area contributed by atoms with Gasteiger partial charge in [0.05, 0.1) is 17.9 Å². The van der Waals surface area contributed by atoms with Crippen LogP contribution in [0.3, 0.4) is 0 Å². The Bertz CT molecular complexity index is 611. The minimum absolute atomic E-state index is 0.0310. The summed E-state index contributed by atoms with van der Waals surface area (Å²) in [6.07, 6.45) is 7.10. The molecule has 4 heterocycles. The zero-order valence-corrected chi connectivity index (χ0v) is 12.3. The molecule has 0 spiro atoms. The number of ether oxygens (including phenoxy) is 1. The highest BCUT2D eigenvalue weighted by atomic mass is 32.1. The SMILES string of the molecule is O=C(c1ccoc1)N1CC[C@@H]2C[C@H](c3nccs3)O[C@H]2C1. The number of amides is 1. The molecule has 2 aromatic heterocycles. The predicted octanol–water partition coefficient (Wildman–Crippen LogP) is 2.73. The van der Waals surface area contributed by atoms with Crippen molar-refractivity contribution in [2.24, 2.45) is 5.92 Å². The Morgan fingerprint density at radius 3 is 3.19 bits per heavy atom. The molecule has 0 unspecified atom stereocenters. The number of furan rings is 1. The molecule has 0 aliphatic carbocycles.